The fourth-order valence-electron chi connectivity index (χ4n) is 4.17. The summed E-state index contributed by atoms with van der Waals surface area (Å²) < 4.78 is 6.08. The summed E-state index contributed by atoms with van der Waals surface area (Å²) in [5, 5.41) is 3.97. The maximum atomic E-state index is 13.3. The average molecular weight is 525 g/mol. The molecule has 1 amide bonds. The van der Waals surface area contributed by atoms with Crippen LogP contribution in [0.2, 0.25) is 0 Å². The minimum atomic E-state index is -1.06. The molecule has 0 bridgehead atoms. The number of nitrogens with one attached hydrogen (secondary N) is 1. The van der Waals surface area contributed by atoms with Gasteiger partial charge in [0.2, 0.25) is 0 Å². The van der Waals surface area contributed by atoms with Gasteiger partial charge in [0, 0.05) is 17.0 Å². The van der Waals surface area contributed by atoms with Gasteiger partial charge in [-0.25, -0.2) is 0 Å². The molecule has 0 aliphatic heterocycles. The zero-order valence-electron chi connectivity index (χ0n) is 22.9. The Kier molecular flexibility index (Phi) is 16.8. The predicted molar refractivity (Wildman–Crippen MR) is 155 cm³/mol. The number of hydrogen-bond donors (Lipinski definition) is 1. The van der Waals surface area contributed by atoms with E-state index in [0.29, 0.717) is 23.5 Å². The molecule has 1 aliphatic carbocycles. The van der Waals surface area contributed by atoms with Crippen molar-refractivity contribution in [2.24, 2.45) is 11.8 Å². The molecule has 5 heteroatoms. The van der Waals surface area contributed by atoms with Crippen LogP contribution in [0.5, 0.6) is 0 Å². The molecule has 1 aliphatic rings. The molecule has 0 spiro atoms. The molecule has 0 aromatic heterocycles. The molecule has 1 saturated carbocycles. The van der Waals surface area contributed by atoms with Gasteiger partial charge in [-0.2, -0.15) is 0 Å². The number of carbonyl (C=O) groups excluding carboxylic acids is 1. The summed E-state index contributed by atoms with van der Waals surface area (Å²) in [6, 6.07) is -0.0150. The second kappa shape index (κ2) is 17.7. The standard InChI is InChI=1S/C28H41Cl2NO2.C2H6/c1-8-20(3)18-25(16-17-29)33-28(6,7)27(32)31-22(5)26(24-12-10-11-13-24)19-23(9-2)15-14-21(4)30;1-2/h8-9,14-16,18,22,24,26H,1-2,10-13,17,19H2,3-7H3,(H,31,32);1-2H3/b20-18-,21-14+,23-15+,25-16+;. The summed E-state index contributed by atoms with van der Waals surface area (Å²) in [5.41, 5.74) is 1.00. The fraction of sp³-hybridized carbons (Fsp3) is 0.567. The van der Waals surface area contributed by atoms with E-state index >= 15 is 0 Å². The lowest BCUT2D eigenvalue weighted by molar-refractivity contribution is -0.139. The van der Waals surface area contributed by atoms with Crippen LogP contribution in [0.1, 0.15) is 80.6 Å². The number of alkyl halides is 1. The SMILES string of the molecule is C=C/C(C)=C\C(=C/CCl)OC(C)(C)C(=O)NC(C)C(C/C(C=C)=C/C=C(\C)Cl)C1CCCC1.CC. The lowest BCUT2D eigenvalue weighted by Crippen LogP contribution is -2.50. The Balaban J connectivity index is 0.00000562. The molecule has 35 heavy (non-hydrogen) atoms. The Labute approximate surface area is 225 Å². The molecule has 0 aromatic carbocycles. The van der Waals surface area contributed by atoms with Crippen molar-refractivity contribution in [2.75, 3.05) is 5.88 Å². The Morgan fingerprint density at radius 3 is 2.23 bits per heavy atom. The van der Waals surface area contributed by atoms with Crippen molar-refractivity contribution in [3.05, 3.63) is 71.6 Å². The number of halogens is 2. The van der Waals surface area contributed by atoms with Crippen LogP contribution in [0.25, 0.3) is 0 Å². The summed E-state index contributed by atoms with van der Waals surface area (Å²) in [6.07, 6.45) is 16.8. The molecule has 0 saturated heterocycles. The summed E-state index contributed by atoms with van der Waals surface area (Å²) in [7, 11) is 0. The molecule has 0 aromatic rings. The van der Waals surface area contributed by atoms with Gasteiger partial charge in [0.25, 0.3) is 5.91 Å². The van der Waals surface area contributed by atoms with E-state index in [4.69, 9.17) is 27.9 Å². The smallest absolute Gasteiger partial charge is 0.263 e. The minimum Gasteiger partial charge on any atom is -0.478 e. The quantitative estimate of drug-likeness (QED) is 0.148. The Morgan fingerprint density at radius 2 is 1.74 bits per heavy atom. The Bertz CT molecular complexity index is 795. The van der Waals surface area contributed by atoms with Gasteiger partial charge in [-0.15, -0.1) is 11.6 Å². The maximum absolute atomic E-state index is 13.3. The van der Waals surface area contributed by atoms with E-state index in [9.17, 15) is 4.79 Å². The van der Waals surface area contributed by atoms with Gasteiger partial charge in [0.05, 0.1) is 0 Å². The molecule has 3 nitrogen and oxygen atoms in total. The maximum Gasteiger partial charge on any atom is 0.263 e. The number of ether oxygens (including phenoxy) is 1. The lowest BCUT2D eigenvalue weighted by Gasteiger charge is -2.34. The first-order valence-electron chi connectivity index (χ1n) is 12.8. The van der Waals surface area contributed by atoms with Gasteiger partial charge in [-0.1, -0.05) is 82.5 Å². The fourth-order valence-corrected chi connectivity index (χ4v) is 4.38. The van der Waals surface area contributed by atoms with Gasteiger partial charge >= 0.3 is 0 Å². The molecule has 0 heterocycles. The summed E-state index contributed by atoms with van der Waals surface area (Å²) in [6.45, 7) is 21.2. The number of hydrogen-bond acceptors (Lipinski definition) is 2. The van der Waals surface area contributed by atoms with E-state index < -0.39 is 5.60 Å². The van der Waals surface area contributed by atoms with Crippen LogP contribution in [-0.2, 0) is 9.53 Å². The molecule has 2 atom stereocenters. The van der Waals surface area contributed by atoms with Crippen molar-refractivity contribution in [3.8, 4) is 0 Å². The van der Waals surface area contributed by atoms with Crippen LogP contribution >= 0.6 is 23.2 Å². The molecule has 1 N–H and O–H groups in total. The molecular weight excluding hydrogens is 477 g/mol. The highest BCUT2D eigenvalue weighted by atomic mass is 35.5. The summed E-state index contributed by atoms with van der Waals surface area (Å²) in [5.74, 6) is 1.58. The highest BCUT2D eigenvalue weighted by molar-refractivity contribution is 6.29. The van der Waals surface area contributed by atoms with Crippen LogP contribution < -0.4 is 5.32 Å². The number of carbonyl (C=O) groups is 1. The molecule has 1 rings (SSSR count). The van der Waals surface area contributed by atoms with Gasteiger partial charge in [0.15, 0.2) is 5.60 Å². The van der Waals surface area contributed by atoms with Crippen molar-refractivity contribution in [1.82, 2.24) is 5.32 Å². The second-order valence-electron chi connectivity index (χ2n) is 9.34. The van der Waals surface area contributed by atoms with E-state index in [1.807, 2.05) is 52.0 Å². The van der Waals surface area contributed by atoms with Crippen molar-refractivity contribution in [2.45, 2.75) is 92.2 Å². The largest absolute Gasteiger partial charge is 0.478 e. The summed E-state index contributed by atoms with van der Waals surface area (Å²) >= 11 is 11.9. The topological polar surface area (TPSA) is 38.3 Å². The first kappa shape index (κ1) is 33.3. The zero-order chi connectivity index (χ0) is 27.0. The van der Waals surface area contributed by atoms with Crippen LogP contribution in [-0.4, -0.2) is 23.4 Å². The van der Waals surface area contributed by atoms with Crippen LogP contribution in [0, 0.1) is 11.8 Å². The van der Waals surface area contributed by atoms with Crippen molar-refractivity contribution >= 4 is 29.1 Å². The molecule has 2 unspecified atom stereocenters. The van der Waals surface area contributed by atoms with E-state index in [1.54, 1.807) is 26.0 Å². The minimum absolute atomic E-state index is 0.0150. The van der Waals surface area contributed by atoms with E-state index in [2.05, 4.69) is 25.4 Å². The van der Waals surface area contributed by atoms with Gasteiger partial charge in [-0.3, -0.25) is 4.79 Å². The average Bonchev–Trinajstić information content (AvgIpc) is 3.34. The predicted octanol–water partition coefficient (Wildman–Crippen LogP) is 9.02. The monoisotopic (exact) mass is 523 g/mol. The van der Waals surface area contributed by atoms with Crippen molar-refractivity contribution in [3.63, 3.8) is 0 Å². The van der Waals surface area contributed by atoms with Crippen molar-refractivity contribution < 1.29 is 9.53 Å². The van der Waals surface area contributed by atoms with E-state index in [-0.39, 0.29) is 11.9 Å². The first-order chi connectivity index (χ1) is 16.5. The number of rotatable bonds is 13. The van der Waals surface area contributed by atoms with Gasteiger partial charge < -0.3 is 10.1 Å². The van der Waals surface area contributed by atoms with Gasteiger partial charge in [-0.05, 0) is 82.2 Å². The molecule has 1 fully saturated rings. The van der Waals surface area contributed by atoms with Crippen molar-refractivity contribution in [1.29, 1.82) is 0 Å². The van der Waals surface area contributed by atoms with Crippen LogP contribution in [0.15, 0.2) is 71.6 Å². The van der Waals surface area contributed by atoms with E-state index in [1.165, 1.54) is 25.7 Å². The second-order valence-corrected chi connectivity index (χ2v) is 10.2. The lowest BCUT2D eigenvalue weighted by atomic mass is 9.80. The van der Waals surface area contributed by atoms with Gasteiger partial charge in [0.1, 0.15) is 5.76 Å². The first-order valence-corrected chi connectivity index (χ1v) is 13.7. The number of allylic oxidation sites excluding steroid dienone is 9. The third-order valence-corrected chi connectivity index (χ3v) is 6.44. The number of amides is 1. The molecular formula is C30H47Cl2NO2. The highest BCUT2D eigenvalue weighted by Gasteiger charge is 2.35. The Hall–Kier alpha value is -1.71. The third kappa shape index (κ3) is 12.7. The molecule has 198 valence electrons. The van der Waals surface area contributed by atoms with E-state index in [0.717, 1.165) is 22.6 Å². The Morgan fingerprint density at radius 1 is 1.14 bits per heavy atom. The summed E-state index contributed by atoms with van der Waals surface area (Å²) in [4.78, 5) is 13.3. The van der Waals surface area contributed by atoms with Crippen LogP contribution in [0.3, 0.4) is 0 Å². The third-order valence-electron chi connectivity index (χ3n) is 6.16. The highest BCUT2D eigenvalue weighted by Crippen LogP contribution is 2.37. The normalized spacial score (nSPS) is 17.7. The zero-order valence-corrected chi connectivity index (χ0v) is 24.4. The van der Waals surface area contributed by atoms with Crippen LogP contribution in [0.4, 0.5) is 0 Å². The molecule has 0 radical (unpaired) electrons.